The van der Waals surface area contributed by atoms with Crippen LogP contribution in [0.15, 0.2) is 75.6 Å². The Balaban J connectivity index is 1.69. The number of carbonyl (C=O) groups is 1. The van der Waals surface area contributed by atoms with Gasteiger partial charge in [0.05, 0.1) is 0 Å². The third kappa shape index (κ3) is 5.94. The van der Waals surface area contributed by atoms with Crippen LogP contribution in [0.5, 0.6) is 0 Å². The van der Waals surface area contributed by atoms with Crippen LogP contribution in [0.4, 0.5) is 5.82 Å². The number of anilines is 1. The van der Waals surface area contributed by atoms with Crippen LogP contribution in [-0.4, -0.2) is 84.3 Å². The molecule has 1 aromatic carbocycles. The number of hydrogen-bond donors (Lipinski definition) is 2. The molecule has 0 aliphatic heterocycles. The summed E-state index contributed by atoms with van der Waals surface area (Å²) in [5, 5.41) is 11.3. The molecule has 209 valence electrons. The van der Waals surface area contributed by atoms with E-state index < -0.39 is 17.5 Å². The summed E-state index contributed by atoms with van der Waals surface area (Å²) in [5.74, 6) is 5.31. The number of amides is 1. The SMILES string of the molecule is [B]/C(C)=C([B])/C([B])=C(/[B])C(=[B])n1c(C(C)NC(=O)c2c(N)nn3cccnc23)nc2cccc(C#Cc3ccn(C)n3)c2c1=O. The van der Waals surface area contributed by atoms with Crippen LogP contribution in [0.1, 0.15) is 47.3 Å². The molecule has 0 saturated carbocycles. The Hall–Kier alpha value is -5.31. The molecule has 1 amide bonds. The number of fused-ring (bicyclic) bond motifs is 2. The second-order valence-corrected chi connectivity index (χ2v) is 10.1. The van der Waals surface area contributed by atoms with Crippen LogP contribution < -0.4 is 16.6 Å². The number of nitrogens with zero attached hydrogens (tertiary/aromatic N) is 7. The number of nitrogen functional groups attached to an aromatic ring is 1. The number of rotatable bonds is 6. The molecule has 16 heteroatoms. The van der Waals surface area contributed by atoms with Crippen LogP contribution in [0, 0.1) is 11.8 Å². The number of nitrogens with two attached hydrogens (primary N) is 1. The van der Waals surface area contributed by atoms with Crippen LogP contribution in [0.2, 0.25) is 0 Å². The molecule has 0 saturated heterocycles. The minimum atomic E-state index is -0.937. The number of aromatic nitrogens is 7. The Morgan fingerprint density at radius 3 is 2.47 bits per heavy atom. The zero-order valence-corrected chi connectivity index (χ0v) is 24.6. The summed E-state index contributed by atoms with van der Waals surface area (Å²) < 4.78 is 4.04. The fourth-order valence-electron chi connectivity index (χ4n) is 4.56. The van der Waals surface area contributed by atoms with E-state index in [4.69, 9.17) is 49.6 Å². The van der Waals surface area contributed by atoms with Crippen LogP contribution >= 0.6 is 0 Å². The molecular formula is C29H21B5N9O2. The summed E-state index contributed by atoms with van der Waals surface area (Å²) in [6.07, 6.45) is 4.86. The van der Waals surface area contributed by atoms with Crippen molar-refractivity contribution >= 4 is 72.7 Å². The van der Waals surface area contributed by atoms with Crippen molar-refractivity contribution in [1.82, 2.24) is 39.2 Å². The quantitative estimate of drug-likeness (QED) is 0.162. The third-order valence-corrected chi connectivity index (χ3v) is 6.87. The number of allylic oxidation sites excluding steroid dienone is 4. The van der Waals surface area contributed by atoms with Crippen molar-refractivity contribution in [2.45, 2.75) is 19.9 Å². The van der Waals surface area contributed by atoms with Gasteiger partial charge in [0.2, 0.25) is 0 Å². The monoisotopic (exact) mass is 582 g/mol. The molecule has 45 heavy (non-hydrogen) atoms. The summed E-state index contributed by atoms with van der Waals surface area (Å²) in [5.41, 5.74) is 6.37. The van der Waals surface area contributed by atoms with Gasteiger partial charge in [-0.15, -0.1) is 0 Å². The first-order valence-electron chi connectivity index (χ1n) is 13.5. The van der Waals surface area contributed by atoms with Crippen LogP contribution in [0.3, 0.4) is 0 Å². The topological polar surface area (TPSA) is 138 Å². The number of benzene rings is 1. The van der Waals surface area contributed by atoms with Crippen LogP contribution in [-0.2, 0) is 7.05 Å². The van der Waals surface area contributed by atoms with Crippen molar-refractivity contribution in [1.29, 1.82) is 0 Å². The normalized spacial score (nSPS) is 13.0. The summed E-state index contributed by atoms with van der Waals surface area (Å²) in [7, 11) is 32.6. The third-order valence-electron chi connectivity index (χ3n) is 6.87. The second-order valence-electron chi connectivity index (χ2n) is 10.1. The fourth-order valence-corrected chi connectivity index (χ4v) is 4.56. The van der Waals surface area contributed by atoms with Gasteiger partial charge in [-0.05, 0) is 0 Å². The summed E-state index contributed by atoms with van der Waals surface area (Å²) in [6, 6.07) is 7.45. The molecule has 11 nitrogen and oxygen atoms in total. The molecule has 0 aliphatic carbocycles. The van der Waals surface area contributed by atoms with Gasteiger partial charge < -0.3 is 0 Å². The zero-order chi connectivity index (χ0) is 32.6. The fraction of sp³-hybridized carbons (Fsp3) is 0.138. The summed E-state index contributed by atoms with van der Waals surface area (Å²) in [6.45, 7) is 3.14. The van der Waals surface area contributed by atoms with Gasteiger partial charge in [-0.1, -0.05) is 0 Å². The Morgan fingerprint density at radius 1 is 1.02 bits per heavy atom. The Labute approximate surface area is 264 Å². The Kier molecular flexibility index (Phi) is 8.55. The van der Waals surface area contributed by atoms with Gasteiger partial charge in [0.15, 0.2) is 0 Å². The summed E-state index contributed by atoms with van der Waals surface area (Å²) >= 11 is 0. The molecule has 5 aromatic rings. The van der Waals surface area contributed by atoms with Gasteiger partial charge in [0, 0.05) is 0 Å². The number of nitrogens with one attached hydrogen (secondary N) is 1. The van der Waals surface area contributed by atoms with Gasteiger partial charge in [0.1, 0.15) is 0 Å². The maximum absolute atomic E-state index is 14.3. The van der Waals surface area contributed by atoms with E-state index in [0.717, 1.165) is 4.57 Å². The van der Waals surface area contributed by atoms with E-state index in [-0.39, 0.29) is 61.2 Å². The molecule has 3 N–H and O–H groups in total. The predicted octanol–water partition coefficient (Wildman–Crippen LogP) is -0.0907. The molecule has 1 unspecified atom stereocenters. The van der Waals surface area contributed by atoms with E-state index in [0.29, 0.717) is 11.3 Å². The van der Waals surface area contributed by atoms with E-state index in [1.54, 1.807) is 61.4 Å². The Morgan fingerprint density at radius 2 is 1.78 bits per heavy atom. The first-order valence-corrected chi connectivity index (χ1v) is 13.5. The van der Waals surface area contributed by atoms with Crippen molar-refractivity contribution in [2.75, 3.05) is 5.73 Å². The van der Waals surface area contributed by atoms with E-state index in [1.807, 2.05) is 0 Å². The maximum atomic E-state index is 14.3. The van der Waals surface area contributed by atoms with E-state index >= 15 is 0 Å². The van der Waals surface area contributed by atoms with Gasteiger partial charge in [-0.25, -0.2) is 0 Å². The van der Waals surface area contributed by atoms with E-state index in [1.165, 1.54) is 17.6 Å². The molecule has 0 fully saturated rings. The van der Waals surface area contributed by atoms with Crippen molar-refractivity contribution in [3.05, 3.63) is 104 Å². The number of carbonyl (C=O) groups excluding carboxylic acids is 1. The molecule has 1 atom stereocenters. The molecule has 4 aromatic heterocycles. The molecule has 9 radical (unpaired) electrons. The second kappa shape index (κ2) is 12.4. The van der Waals surface area contributed by atoms with Crippen molar-refractivity contribution in [3.63, 3.8) is 0 Å². The standard InChI is InChI=1S/C29H21B5N9O2/c1-14(30)21(31)22(32)23(33)24(34)43-26(15(2)37-28(44)20-25(35)40-42-12-5-11-36-27(20)42)38-18-7-4-6-16(19(18)29(43)45)8-9-17-10-13-41(3)39-17/h4-7,10-13,15H,1-3H3,(H2,35,40)(H,37,44)/b21-14-,23-22-. The van der Waals surface area contributed by atoms with Crippen molar-refractivity contribution in [2.24, 2.45) is 7.05 Å². The van der Waals surface area contributed by atoms with Gasteiger partial charge in [-0.3, -0.25) is 0 Å². The van der Waals surface area contributed by atoms with Crippen LogP contribution in [0.25, 0.3) is 16.6 Å². The molecular weight excluding hydrogens is 560 g/mol. The predicted molar refractivity (Wildman–Crippen MR) is 177 cm³/mol. The molecule has 0 aliphatic rings. The first kappa shape index (κ1) is 31.1. The van der Waals surface area contributed by atoms with E-state index in [2.05, 4.69) is 32.3 Å². The molecule has 0 spiro atoms. The van der Waals surface area contributed by atoms with Crippen molar-refractivity contribution in [3.8, 4) is 11.8 Å². The number of aryl methyl sites for hydroxylation is 1. The van der Waals surface area contributed by atoms with Gasteiger partial charge in [0.25, 0.3) is 0 Å². The molecule has 5 rings (SSSR count). The van der Waals surface area contributed by atoms with Gasteiger partial charge in [-0.2, -0.15) is 0 Å². The summed E-state index contributed by atoms with van der Waals surface area (Å²) in [4.78, 5) is 36.7. The van der Waals surface area contributed by atoms with Gasteiger partial charge >= 0.3 is 265 Å². The average Bonchev–Trinajstić information content (AvgIpc) is 3.59. The average molecular weight is 582 g/mol. The molecule has 0 bridgehead atoms. The minimum absolute atomic E-state index is 0.0156. The van der Waals surface area contributed by atoms with E-state index in [9.17, 15) is 9.59 Å². The first-order chi connectivity index (χ1) is 21.4. The number of hydrogen-bond acceptors (Lipinski definition) is 7. The van der Waals surface area contributed by atoms with Crippen molar-refractivity contribution < 1.29 is 4.79 Å². The molecule has 4 heterocycles. The Bertz CT molecular complexity index is 2220. The zero-order valence-electron chi connectivity index (χ0n) is 24.6.